The summed E-state index contributed by atoms with van der Waals surface area (Å²) in [6.07, 6.45) is 2.02. The highest BCUT2D eigenvalue weighted by Gasteiger charge is 2.16. The molecule has 80 valence electrons. The molecule has 0 heterocycles. The highest BCUT2D eigenvalue weighted by molar-refractivity contribution is 6.77. The highest BCUT2D eigenvalue weighted by Crippen LogP contribution is 2.24. The maximum absolute atomic E-state index is 3.38. The molecule has 0 amide bonds. The zero-order valence-corrected chi connectivity index (χ0v) is 11.2. The van der Waals surface area contributed by atoms with Crippen molar-refractivity contribution in [2.24, 2.45) is 0 Å². The molecule has 1 rings (SSSR count). The number of hydrogen-bond acceptors (Lipinski definition) is 0. The van der Waals surface area contributed by atoms with E-state index >= 15 is 0 Å². The van der Waals surface area contributed by atoms with Gasteiger partial charge in [0.1, 0.15) is 0 Å². The second-order valence-electron chi connectivity index (χ2n) is 5.02. The monoisotopic (exact) mass is 216 g/mol. The third kappa shape index (κ3) is 4.33. The standard InChI is InChI=1S/C14H20Si/c1-5-9-14(12-15(2,3)4)13-10-7-6-8-11-13/h5-8,10-11H,12H2,1-4H3. The maximum Gasteiger partial charge on any atom is 0.0495 e. The van der Waals surface area contributed by atoms with Crippen molar-refractivity contribution in [3.05, 3.63) is 47.7 Å². The maximum atomic E-state index is 3.38. The molecule has 0 aliphatic rings. The van der Waals surface area contributed by atoms with Crippen LogP contribution in [-0.2, 0) is 0 Å². The molecule has 1 aromatic carbocycles. The Bertz CT molecular complexity index is 362. The molecular formula is C14H20Si. The molecule has 15 heavy (non-hydrogen) atoms. The first-order chi connectivity index (χ1) is 7.03. The van der Waals surface area contributed by atoms with Crippen LogP contribution in [0.2, 0.25) is 25.7 Å². The van der Waals surface area contributed by atoms with Crippen molar-refractivity contribution < 1.29 is 0 Å². The minimum absolute atomic E-state index is 1.06. The Balaban J connectivity index is 3.02. The van der Waals surface area contributed by atoms with Crippen LogP contribution in [0, 0.1) is 0 Å². The van der Waals surface area contributed by atoms with Crippen LogP contribution >= 0.6 is 0 Å². The van der Waals surface area contributed by atoms with Crippen LogP contribution in [0.25, 0.3) is 5.57 Å². The predicted octanol–water partition coefficient (Wildman–Crippen LogP) is 4.58. The number of benzene rings is 1. The Hall–Kier alpha value is -1.04. The normalized spacial score (nSPS) is 10.7. The van der Waals surface area contributed by atoms with Crippen LogP contribution in [-0.4, -0.2) is 8.07 Å². The number of rotatable bonds is 3. The Morgan fingerprint density at radius 2 is 1.80 bits per heavy atom. The van der Waals surface area contributed by atoms with Crippen molar-refractivity contribution >= 4 is 13.6 Å². The first-order valence-corrected chi connectivity index (χ1v) is 9.19. The molecule has 0 saturated carbocycles. The van der Waals surface area contributed by atoms with Gasteiger partial charge in [-0.1, -0.05) is 50.0 Å². The quantitative estimate of drug-likeness (QED) is 0.512. The van der Waals surface area contributed by atoms with E-state index in [1.54, 1.807) is 0 Å². The van der Waals surface area contributed by atoms with Gasteiger partial charge < -0.3 is 0 Å². The summed E-state index contributed by atoms with van der Waals surface area (Å²) in [4.78, 5) is 0. The van der Waals surface area contributed by atoms with Gasteiger partial charge in [-0.2, -0.15) is 0 Å². The third-order valence-corrected chi connectivity index (χ3v) is 3.56. The lowest BCUT2D eigenvalue weighted by molar-refractivity contribution is 1.48. The second-order valence-corrected chi connectivity index (χ2v) is 10.5. The fourth-order valence-corrected chi connectivity index (χ4v) is 2.95. The van der Waals surface area contributed by atoms with E-state index in [2.05, 4.69) is 55.7 Å². The average Bonchev–Trinajstić information content (AvgIpc) is 2.17. The summed E-state index contributed by atoms with van der Waals surface area (Å²) in [5, 5.41) is 0. The van der Waals surface area contributed by atoms with Crippen LogP contribution in [0.15, 0.2) is 42.1 Å². The fourth-order valence-electron chi connectivity index (χ4n) is 1.58. The van der Waals surface area contributed by atoms with E-state index in [9.17, 15) is 0 Å². The topological polar surface area (TPSA) is 0 Å². The van der Waals surface area contributed by atoms with E-state index in [1.165, 1.54) is 17.2 Å². The molecule has 0 fully saturated rings. The molecule has 0 aromatic heterocycles. The molecule has 0 bridgehead atoms. The predicted molar refractivity (Wildman–Crippen MR) is 71.8 cm³/mol. The molecule has 1 heteroatoms. The minimum Gasteiger partial charge on any atom is -0.122 e. The lowest BCUT2D eigenvalue weighted by atomic mass is 10.1. The minimum atomic E-state index is -1.06. The summed E-state index contributed by atoms with van der Waals surface area (Å²) < 4.78 is 0. The van der Waals surface area contributed by atoms with Crippen molar-refractivity contribution in [1.82, 2.24) is 0 Å². The molecule has 1 aromatic rings. The van der Waals surface area contributed by atoms with Crippen molar-refractivity contribution in [2.45, 2.75) is 32.6 Å². The van der Waals surface area contributed by atoms with Crippen molar-refractivity contribution in [3.63, 3.8) is 0 Å². The van der Waals surface area contributed by atoms with Gasteiger partial charge in [-0.05, 0) is 30.2 Å². The van der Waals surface area contributed by atoms with E-state index in [1.807, 2.05) is 13.0 Å². The Labute approximate surface area is 94.4 Å². The van der Waals surface area contributed by atoms with E-state index in [0.717, 1.165) is 0 Å². The molecule has 0 N–H and O–H groups in total. The zero-order chi connectivity index (χ0) is 11.3. The third-order valence-electron chi connectivity index (χ3n) is 2.15. The summed E-state index contributed by atoms with van der Waals surface area (Å²) in [5.74, 6) is 0. The molecule has 0 saturated heterocycles. The van der Waals surface area contributed by atoms with Crippen LogP contribution in [0.1, 0.15) is 12.5 Å². The van der Waals surface area contributed by atoms with E-state index in [0.29, 0.717) is 0 Å². The van der Waals surface area contributed by atoms with E-state index < -0.39 is 8.07 Å². The van der Waals surface area contributed by atoms with Crippen molar-refractivity contribution in [2.75, 3.05) is 0 Å². The first kappa shape index (κ1) is 12.0. The summed E-state index contributed by atoms with van der Waals surface area (Å²) in [7, 11) is -1.06. The zero-order valence-electron chi connectivity index (χ0n) is 10.2. The van der Waals surface area contributed by atoms with Crippen molar-refractivity contribution in [3.8, 4) is 0 Å². The van der Waals surface area contributed by atoms with Crippen LogP contribution in [0.5, 0.6) is 0 Å². The fraction of sp³-hybridized carbons (Fsp3) is 0.357. The van der Waals surface area contributed by atoms with Crippen LogP contribution in [0.4, 0.5) is 0 Å². The van der Waals surface area contributed by atoms with Gasteiger partial charge in [0.2, 0.25) is 0 Å². The Morgan fingerprint density at radius 1 is 1.20 bits per heavy atom. The van der Waals surface area contributed by atoms with Crippen LogP contribution < -0.4 is 0 Å². The van der Waals surface area contributed by atoms with Gasteiger partial charge in [0, 0.05) is 8.07 Å². The molecule has 0 aliphatic heterocycles. The summed E-state index contributed by atoms with van der Waals surface area (Å²) in [5.41, 5.74) is 6.06. The van der Waals surface area contributed by atoms with Gasteiger partial charge in [-0.25, -0.2) is 0 Å². The number of allylic oxidation sites excluding steroid dienone is 1. The largest absolute Gasteiger partial charge is 0.122 e. The van der Waals surface area contributed by atoms with Gasteiger partial charge in [0.15, 0.2) is 0 Å². The number of hydrogen-bond donors (Lipinski definition) is 0. The second kappa shape index (κ2) is 5.15. The van der Waals surface area contributed by atoms with Crippen molar-refractivity contribution in [1.29, 1.82) is 0 Å². The summed E-state index contributed by atoms with van der Waals surface area (Å²) >= 11 is 0. The summed E-state index contributed by atoms with van der Waals surface area (Å²) in [6.45, 7) is 9.22. The highest BCUT2D eigenvalue weighted by atomic mass is 28.3. The molecular weight excluding hydrogens is 196 g/mol. The van der Waals surface area contributed by atoms with Gasteiger partial charge >= 0.3 is 0 Å². The lowest BCUT2D eigenvalue weighted by Crippen LogP contribution is -2.19. The summed E-state index contributed by atoms with van der Waals surface area (Å²) in [6, 6.07) is 11.8. The smallest absolute Gasteiger partial charge is 0.0495 e. The van der Waals surface area contributed by atoms with Gasteiger partial charge in [-0.15, -0.1) is 5.73 Å². The van der Waals surface area contributed by atoms with Crippen LogP contribution in [0.3, 0.4) is 0 Å². The molecule has 0 radical (unpaired) electrons. The Morgan fingerprint density at radius 3 is 2.27 bits per heavy atom. The Kier molecular flexibility index (Phi) is 4.13. The molecule has 0 spiro atoms. The van der Waals surface area contributed by atoms with Gasteiger partial charge in [0.25, 0.3) is 0 Å². The van der Waals surface area contributed by atoms with E-state index in [-0.39, 0.29) is 0 Å². The molecule has 0 aliphatic carbocycles. The first-order valence-electron chi connectivity index (χ1n) is 5.48. The van der Waals surface area contributed by atoms with E-state index in [4.69, 9.17) is 0 Å². The molecule has 0 unspecified atom stereocenters. The molecule has 0 atom stereocenters. The SMILES string of the molecule is CC=C=C(C[Si](C)(C)C)c1ccccc1. The van der Waals surface area contributed by atoms with Gasteiger partial charge in [0.05, 0.1) is 0 Å². The average molecular weight is 216 g/mol. The van der Waals surface area contributed by atoms with Gasteiger partial charge in [-0.3, -0.25) is 0 Å². The lowest BCUT2D eigenvalue weighted by Gasteiger charge is -2.17. The molecule has 0 nitrogen and oxygen atoms in total.